The van der Waals surface area contributed by atoms with Crippen molar-refractivity contribution in [3.05, 3.63) is 28.8 Å². The van der Waals surface area contributed by atoms with Gasteiger partial charge in [0.05, 0.1) is 19.3 Å². The van der Waals surface area contributed by atoms with Crippen molar-refractivity contribution in [2.24, 2.45) is 17.6 Å². The van der Waals surface area contributed by atoms with E-state index < -0.39 is 0 Å². The van der Waals surface area contributed by atoms with Crippen molar-refractivity contribution in [1.82, 2.24) is 0 Å². The number of rotatable bonds is 3. The number of methoxy groups -OCH3 is 1. The van der Waals surface area contributed by atoms with Gasteiger partial charge in [0.15, 0.2) is 0 Å². The molecule has 2 N–H and O–H groups in total. The minimum absolute atomic E-state index is 0.117. The zero-order chi connectivity index (χ0) is 14.2. The van der Waals surface area contributed by atoms with Crippen LogP contribution in [0.15, 0.2) is 18.2 Å². The monoisotopic (exact) mass is 283 g/mol. The lowest BCUT2D eigenvalue weighted by Gasteiger charge is -2.26. The van der Waals surface area contributed by atoms with Crippen molar-refractivity contribution in [1.29, 1.82) is 0 Å². The predicted octanol–water partition coefficient (Wildman–Crippen LogP) is 3.41. The smallest absolute Gasteiger partial charge is 0.120 e. The van der Waals surface area contributed by atoms with Gasteiger partial charge in [-0.2, -0.15) is 0 Å². The Bertz CT molecular complexity index is 452. The Labute approximate surface area is 120 Å². The SMILES string of the molecule is COc1ccc(C(N)C2C(C)OC(C)C2C)c(Cl)c1. The zero-order valence-electron chi connectivity index (χ0n) is 11.9. The van der Waals surface area contributed by atoms with E-state index in [1.165, 1.54) is 0 Å². The van der Waals surface area contributed by atoms with Crippen molar-refractivity contribution < 1.29 is 9.47 Å². The minimum atomic E-state index is -0.117. The molecule has 3 nitrogen and oxygen atoms in total. The van der Waals surface area contributed by atoms with E-state index in [1.54, 1.807) is 7.11 Å². The highest BCUT2D eigenvalue weighted by Gasteiger charge is 2.41. The fraction of sp³-hybridized carbons (Fsp3) is 0.600. The fourth-order valence-corrected chi connectivity index (χ4v) is 3.32. The van der Waals surface area contributed by atoms with E-state index >= 15 is 0 Å². The van der Waals surface area contributed by atoms with E-state index in [0.717, 1.165) is 11.3 Å². The molecule has 1 aromatic rings. The highest BCUT2D eigenvalue weighted by molar-refractivity contribution is 6.31. The Balaban J connectivity index is 2.26. The molecule has 5 unspecified atom stereocenters. The third-order valence-electron chi connectivity index (χ3n) is 4.30. The van der Waals surface area contributed by atoms with Crippen molar-refractivity contribution in [3.63, 3.8) is 0 Å². The van der Waals surface area contributed by atoms with Crippen LogP contribution in [0.1, 0.15) is 32.4 Å². The van der Waals surface area contributed by atoms with Gasteiger partial charge in [0.25, 0.3) is 0 Å². The molecule has 0 amide bonds. The lowest BCUT2D eigenvalue weighted by Crippen LogP contribution is -2.30. The molecule has 0 radical (unpaired) electrons. The van der Waals surface area contributed by atoms with Crippen molar-refractivity contribution >= 4 is 11.6 Å². The van der Waals surface area contributed by atoms with Crippen molar-refractivity contribution in [2.45, 2.75) is 39.0 Å². The second-order valence-electron chi connectivity index (χ2n) is 5.40. The van der Waals surface area contributed by atoms with E-state index in [2.05, 4.69) is 20.8 Å². The molecule has 1 aliphatic rings. The highest BCUT2D eigenvalue weighted by atomic mass is 35.5. The molecule has 1 heterocycles. The Hall–Kier alpha value is -0.770. The second kappa shape index (κ2) is 5.70. The van der Waals surface area contributed by atoms with Crippen LogP contribution in [-0.4, -0.2) is 19.3 Å². The molecule has 1 aliphatic heterocycles. The van der Waals surface area contributed by atoms with Crippen molar-refractivity contribution in [3.8, 4) is 5.75 Å². The number of benzene rings is 1. The van der Waals surface area contributed by atoms with E-state index in [-0.39, 0.29) is 24.2 Å². The molecule has 1 aromatic carbocycles. The number of halogens is 1. The number of hydrogen-bond donors (Lipinski definition) is 1. The van der Waals surface area contributed by atoms with Gasteiger partial charge in [0, 0.05) is 17.0 Å². The number of nitrogens with two attached hydrogens (primary N) is 1. The molecule has 4 heteroatoms. The van der Waals surface area contributed by atoms with Gasteiger partial charge in [0.1, 0.15) is 5.75 Å². The summed E-state index contributed by atoms with van der Waals surface area (Å²) in [5, 5.41) is 0.658. The summed E-state index contributed by atoms with van der Waals surface area (Å²) in [6, 6.07) is 5.54. The Morgan fingerprint density at radius 1 is 1.26 bits per heavy atom. The van der Waals surface area contributed by atoms with E-state index in [4.69, 9.17) is 26.8 Å². The Kier molecular flexibility index (Phi) is 4.39. The maximum absolute atomic E-state index is 6.43. The lowest BCUT2D eigenvalue weighted by atomic mass is 9.81. The molecule has 2 rings (SSSR count). The summed E-state index contributed by atoms with van der Waals surface area (Å²) < 4.78 is 11.0. The molecule has 0 aromatic heterocycles. The first-order valence-electron chi connectivity index (χ1n) is 6.70. The van der Waals surface area contributed by atoms with Gasteiger partial charge in [0.2, 0.25) is 0 Å². The van der Waals surface area contributed by atoms with Crippen LogP contribution in [0.3, 0.4) is 0 Å². The van der Waals surface area contributed by atoms with E-state index in [9.17, 15) is 0 Å². The molecule has 5 atom stereocenters. The maximum atomic E-state index is 6.43. The molecule has 106 valence electrons. The second-order valence-corrected chi connectivity index (χ2v) is 5.80. The summed E-state index contributed by atoms with van der Waals surface area (Å²) in [4.78, 5) is 0. The maximum Gasteiger partial charge on any atom is 0.120 e. The quantitative estimate of drug-likeness (QED) is 0.924. The number of hydrogen-bond acceptors (Lipinski definition) is 3. The molecule has 1 saturated heterocycles. The van der Waals surface area contributed by atoms with Crippen LogP contribution in [0.4, 0.5) is 0 Å². The predicted molar refractivity (Wildman–Crippen MR) is 77.6 cm³/mol. The van der Waals surface area contributed by atoms with Crippen LogP contribution < -0.4 is 10.5 Å². The van der Waals surface area contributed by atoms with Crippen LogP contribution in [0.2, 0.25) is 5.02 Å². The van der Waals surface area contributed by atoms with Gasteiger partial charge >= 0.3 is 0 Å². The van der Waals surface area contributed by atoms with Crippen molar-refractivity contribution in [2.75, 3.05) is 7.11 Å². The van der Waals surface area contributed by atoms with E-state index in [1.807, 2.05) is 18.2 Å². The van der Waals surface area contributed by atoms with Crippen LogP contribution in [0.25, 0.3) is 0 Å². The molecule has 1 fully saturated rings. The minimum Gasteiger partial charge on any atom is -0.497 e. The summed E-state index contributed by atoms with van der Waals surface area (Å²) in [5.41, 5.74) is 7.39. The van der Waals surface area contributed by atoms with Crippen LogP contribution in [0.5, 0.6) is 5.75 Å². The average Bonchev–Trinajstić information content (AvgIpc) is 2.62. The third kappa shape index (κ3) is 2.73. The van der Waals surface area contributed by atoms with Crippen LogP contribution in [0, 0.1) is 11.8 Å². The molecule has 0 saturated carbocycles. The molecular formula is C15H22ClNO2. The first kappa shape index (κ1) is 14.6. The normalized spacial score (nSPS) is 32.3. The fourth-order valence-electron chi connectivity index (χ4n) is 3.03. The van der Waals surface area contributed by atoms with Gasteiger partial charge in [-0.3, -0.25) is 0 Å². The third-order valence-corrected chi connectivity index (χ3v) is 4.63. The van der Waals surface area contributed by atoms with Crippen LogP contribution >= 0.6 is 11.6 Å². The van der Waals surface area contributed by atoms with Gasteiger partial charge in [-0.15, -0.1) is 0 Å². The Morgan fingerprint density at radius 2 is 1.95 bits per heavy atom. The summed E-state index contributed by atoms with van der Waals surface area (Å²) in [5.74, 6) is 1.45. The summed E-state index contributed by atoms with van der Waals surface area (Å²) in [6.07, 6.45) is 0.390. The molecule has 0 bridgehead atoms. The zero-order valence-corrected chi connectivity index (χ0v) is 12.6. The molecular weight excluding hydrogens is 262 g/mol. The topological polar surface area (TPSA) is 44.5 Å². The van der Waals surface area contributed by atoms with Gasteiger partial charge in [-0.05, 0) is 37.5 Å². The largest absolute Gasteiger partial charge is 0.497 e. The summed E-state index contributed by atoms with van der Waals surface area (Å²) >= 11 is 6.31. The molecule has 0 spiro atoms. The highest BCUT2D eigenvalue weighted by Crippen LogP contribution is 2.41. The average molecular weight is 284 g/mol. The number of ether oxygens (including phenoxy) is 2. The summed E-state index contributed by atoms with van der Waals surface area (Å²) in [6.45, 7) is 6.38. The van der Waals surface area contributed by atoms with Gasteiger partial charge < -0.3 is 15.2 Å². The van der Waals surface area contributed by atoms with Gasteiger partial charge in [-0.1, -0.05) is 24.6 Å². The van der Waals surface area contributed by atoms with E-state index in [0.29, 0.717) is 10.9 Å². The Morgan fingerprint density at radius 3 is 2.42 bits per heavy atom. The molecule has 19 heavy (non-hydrogen) atoms. The first-order chi connectivity index (χ1) is 8.95. The van der Waals surface area contributed by atoms with Gasteiger partial charge in [-0.25, -0.2) is 0 Å². The standard InChI is InChI=1S/C15H22ClNO2/c1-8-9(2)19-10(3)14(8)15(17)12-6-5-11(18-4)7-13(12)16/h5-10,14-15H,17H2,1-4H3. The summed E-state index contributed by atoms with van der Waals surface area (Å²) in [7, 11) is 1.63. The first-order valence-corrected chi connectivity index (χ1v) is 7.08. The van der Waals surface area contributed by atoms with Crippen LogP contribution in [-0.2, 0) is 4.74 Å². The molecule has 0 aliphatic carbocycles. The lowest BCUT2D eigenvalue weighted by molar-refractivity contribution is 0.0489.